The highest BCUT2D eigenvalue weighted by atomic mass is 19.4. The lowest BCUT2D eigenvalue weighted by atomic mass is 10.0. The molecule has 2 heterocycles. The predicted octanol–water partition coefficient (Wildman–Crippen LogP) is 8.00. The summed E-state index contributed by atoms with van der Waals surface area (Å²) in [6.07, 6.45) is -2.99. The molecule has 0 aliphatic rings. The summed E-state index contributed by atoms with van der Waals surface area (Å²) in [5, 5.41) is 23.3. The molecule has 0 spiro atoms. The Morgan fingerprint density at radius 3 is 2.02 bits per heavy atom. The zero-order valence-electron chi connectivity index (χ0n) is 28.2. The summed E-state index contributed by atoms with van der Waals surface area (Å²) in [7, 11) is 0. The Kier molecular flexibility index (Phi) is 14.4. The quantitative estimate of drug-likeness (QED) is 0.0684. The summed E-state index contributed by atoms with van der Waals surface area (Å²) in [4.78, 5) is 38.1. The molecular weight excluding hydrogens is 718 g/mol. The molecule has 0 aliphatic carbocycles. The average molecular weight is 753 g/mol. The highest BCUT2D eigenvalue weighted by Gasteiger charge is 2.38. The smallest absolute Gasteiger partial charge is 0.489 e. The molecule has 0 aliphatic heterocycles. The van der Waals surface area contributed by atoms with Crippen molar-refractivity contribution in [3.8, 4) is 22.6 Å². The fraction of sp³-hybridized carbons (Fsp3) is 0.286. The summed E-state index contributed by atoms with van der Waals surface area (Å²) in [5.41, 5.74) is 5.82. The van der Waals surface area contributed by atoms with Crippen LogP contribution in [0.3, 0.4) is 0 Å². The van der Waals surface area contributed by atoms with Gasteiger partial charge in [0.25, 0.3) is 0 Å². The third-order valence-corrected chi connectivity index (χ3v) is 7.23. The lowest BCUT2D eigenvalue weighted by molar-refractivity contribution is -0.193. The van der Waals surface area contributed by atoms with Crippen LogP contribution in [0.15, 0.2) is 79.4 Å². The molecule has 0 unspecified atom stereocenters. The predicted molar refractivity (Wildman–Crippen MR) is 178 cm³/mol. The molecule has 0 atom stereocenters. The molecule has 0 bridgehead atoms. The van der Waals surface area contributed by atoms with E-state index in [0.29, 0.717) is 25.4 Å². The van der Waals surface area contributed by atoms with Crippen LogP contribution in [0.1, 0.15) is 36.7 Å². The van der Waals surface area contributed by atoms with Crippen molar-refractivity contribution in [3.63, 3.8) is 0 Å². The van der Waals surface area contributed by atoms with E-state index in [-0.39, 0.29) is 0 Å². The van der Waals surface area contributed by atoms with Gasteiger partial charge in [0.1, 0.15) is 29.4 Å². The number of alkyl halides is 6. The maximum atomic E-state index is 11.1. The molecule has 3 N–H and O–H groups in total. The van der Waals surface area contributed by atoms with Crippen LogP contribution in [0.5, 0.6) is 11.5 Å². The molecule has 0 radical (unpaired) electrons. The maximum absolute atomic E-state index is 11.1. The first-order valence-corrected chi connectivity index (χ1v) is 15.7. The lowest BCUT2D eigenvalue weighted by Gasteiger charge is -2.14. The number of aliphatic carboxylic acids is 2. The van der Waals surface area contributed by atoms with Gasteiger partial charge < -0.3 is 33.9 Å². The van der Waals surface area contributed by atoms with Gasteiger partial charge in [0.15, 0.2) is 0 Å². The van der Waals surface area contributed by atoms with Crippen molar-refractivity contribution >= 4 is 29.1 Å². The number of hydrogen-bond donors (Lipinski definition) is 3. The normalized spacial score (nSPS) is 11.2. The SMILES string of the molecule is CCCCc1nc2c(C)ccc(OCCn3ccnc3)c2n1Cc1ccc(-c2ccccc2OC(=O)O)cc1.O=C(O)C(F)(F)F.O=C(O)C(F)(F)F. The van der Waals surface area contributed by atoms with Crippen molar-refractivity contribution in [3.05, 3.63) is 96.3 Å². The third-order valence-electron chi connectivity index (χ3n) is 7.23. The molecule has 12 nitrogen and oxygen atoms in total. The number of carboxylic acids is 2. The van der Waals surface area contributed by atoms with Gasteiger partial charge in [-0.1, -0.05) is 61.9 Å². The minimum Gasteiger partial charge on any atom is -0.489 e. The van der Waals surface area contributed by atoms with Crippen molar-refractivity contribution < 1.29 is 65.5 Å². The van der Waals surface area contributed by atoms with Gasteiger partial charge in [0.2, 0.25) is 0 Å². The molecular formula is C35H34F6N4O8. The minimum atomic E-state index is -5.08. The number of carboxylic acid groups (broad SMARTS) is 3. The highest BCUT2D eigenvalue weighted by Crippen LogP contribution is 2.33. The fourth-order valence-electron chi connectivity index (χ4n) is 4.74. The number of benzene rings is 3. The van der Waals surface area contributed by atoms with E-state index in [2.05, 4.69) is 41.6 Å². The number of unbranched alkanes of at least 4 members (excludes halogenated alkanes) is 1. The molecule has 0 saturated heterocycles. The molecule has 53 heavy (non-hydrogen) atoms. The Morgan fingerprint density at radius 1 is 0.849 bits per heavy atom. The van der Waals surface area contributed by atoms with Crippen LogP contribution in [0.4, 0.5) is 31.1 Å². The zero-order valence-corrected chi connectivity index (χ0v) is 28.2. The lowest BCUT2D eigenvalue weighted by Crippen LogP contribution is -2.21. The number of aryl methyl sites for hydroxylation is 2. The van der Waals surface area contributed by atoms with Gasteiger partial charge in [0, 0.05) is 30.9 Å². The second-order valence-electron chi connectivity index (χ2n) is 11.1. The van der Waals surface area contributed by atoms with Gasteiger partial charge in [-0.05, 0) is 42.2 Å². The standard InChI is InChI=1S/C31H32N4O4.2C2HF3O2/c1-3-4-9-28-33-29-22(2)10-15-27(38-19-18-34-17-16-32-21-34)30(29)35(28)20-23-11-13-24(14-12-23)25-7-5-6-8-26(25)39-31(36)37;2*3-2(4,5)1(6)7/h5-8,10-17,21H,3-4,9,18-20H2,1-2H3,(H,36,37);2*(H,6,7). The molecule has 0 saturated carbocycles. The van der Waals surface area contributed by atoms with Gasteiger partial charge in [0.05, 0.1) is 18.4 Å². The Labute approximate surface area is 297 Å². The Morgan fingerprint density at radius 2 is 1.47 bits per heavy atom. The Hall–Kier alpha value is -6.07. The molecule has 284 valence electrons. The van der Waals surface area contributed by atoms with Crippen molar-refractivity contribution in [2.75, 3.05) is 6.61 Å². The van der Waals surface area contributed by atoms with Crippen LogP contribution < -0.4 is 9.47 Å². The van der Waals surface area contributed by atoms with E-state index in [0.717, 1.165) is 64.1 Å². The summed E-state index contributed by atoms with van der Waals surface area (Å²) in [6, 6.07) is 19.4. The number of aromatic nitrogens is 4. The number of imidazole rings is 2. The van der Waals surface area contributed by atoms with E-state index in [1.54, 1.807) is 24.7 Å². The number of halogens is 6. The van der Waals surface area contributed by atoms with Crippen LogP contribution in [-0.4, -0.2) is 71.5 Å². The first-order valence-electron chi connectivity index (χ1n) is 15.7. The average Bonchev–Trinajstić information content (AvgIpc) is 3.74. The summed E-state index contributed by atoms with van der Waals surface area (Å²) in [5.74, 6) is -3.33. The molecule has 5 rings (SSSR count). The van der Waals surface area contributed by atoms with Crippen molar-refractivity contribution in [1.29, 1.82) is 0 Å². The number of carbonyl (C=O) groups is 3. The van der Waals surface area contributed by atoms with Crippen LogP contribution in [0, 0.1) is 6.92 Å². The Balaban J connectivity index is 0.000000458. The molecule has 0 amide bonds. The molecule has 3 aromatic carbocycles. The van der Waals surface area contributed by atoms with Crippen molar-refractivity contribution in [1.82, 2.24) is 19.1 Å². The van der Waals surface area contributed by atoms with Gasteiger partial charge in [-0.25, -0.2) is 24.4 Å². The van der Waals surface area contributed by atoms with E-state index in [4.69, 9.17) is 39.4 Å². The van der Waals surface area contributed by atoms with Crippen LogP contribution in [0.25, 0.3) is 22.2 Å². The van der Waals surface area contributed by atoms with Gasteiger partial charge >= 0.3 is 30.4 Å². The van der Waals surface area contributed by atoms with E-state index in [9.17, 15) is 31.1 Å². The number of para-hydroxylation sites is 1. The van der Waals surface area contributed by atoms with E-state index in [1.165, 1.54) is 0 Å². The summed E-state index contributed by atoms with van der Waals surface area (Å²) < 4.78 is 79.0. The van der Waals surface area contributed by atoms with Gasteiger partial charge in [-0.2, -0.15) is 26.3 Å². The topological polar surface area (TPSA) is 166 Å². The molecule has 2 aromatic heterocycles. The number of rotatable bonds is 11. The number of nitrogens with zero attached hydrogens (tertiary/aromatic N) is 4. The van der Waals surface area contributed by atoms with Crippen molar-refractivity contribution in [2.24, 2.45) is 0 Å². The zero-order chi connectivity index (χ0) is 39.3. The monoisotopic (exact) mass is 752 g/mol. The van der Waals surface area contributed by atoms with E-state index < -0.39 is 30.4 Å². The maximum Gasteiger partial charge on any atom is 0.511 e. The molecule has 18 heteroatoms. The molecule has 0 fully saturated rings. The van der Waals surface area contributed by atoms with Gasteiger partial charge in [-0.15, -0.1) is 0 Å². The Bertz CT molecular complexity index is 1950. The van der Waals surface area contributed by atoms with Gasteiger partial charge in [-0.3, -0.25) is 0 Å². The van der Waals surface area contributed by atoms with Crippen LogP contribution in [-0.2, 0) is 29.1 Å². The first-order chi connectivity index (χ1) is 24.9. The number of hydrogen-bond acceptors (Lipinski definition) is 7. The summed E-state index contributed by atoms with van der Waals surface area (Å²) >= 11 is 0. The van der Waals surface area contributed by atoms with E-state index >= 15 is 0 Å². The highest BCUT2D eigenvalue weighted by molar-refractivity contribution is 5.86. The van der Waals surface area contributed by atoms with E-state index in [1.807, 2.05) is 41.1 Å². The second kappa shape index (κ2) is 18.4. The van der Waals surface area contributed by atoms with Crippen LogP contribution in [0.2, 0.25) is 0 Å². The molecule has 5 aromatic rings. The third kappa shape index (κ3) is 12.3. The minimum absolute atomic E-state index is 0.313. The van der Waals surface area contributed by atoms with Crippen LogP contribution >= 0.6 is 0 Å². The first kappa shape index (κ1) is 41.4. The fourth-order valence-corrected chi connectivity index (χ4v) is 4.74. The van der Waals surface area contributed by atoms with Crippen molar-refractivity contribution in [2.45, 2.75) is 58.6 Å². The summed E-state index contributed by atoms with van der Waals surface area (Å²) in [6.45, 7) is 6.15. The second-order valence-corrected chi connectivity index (χ2v) is 11.1. The number of fused-ring (bicyclic) bond motifs is 1. The number of ether oxygens (including phenoxy) is 2. The largest absolute Gasteiger partial charge is 0.511 e.